The van der Waals surface area contributed by atoms with Crippen LogP contribution in [0, 0.1) is 5.82 Å². The number of ketones is 1. The quantitative estimate of drug-likeness (QED) is 0.627. The van der Waals surface area contributed by atoms with Crippen LogP contribution in [-0.4, -0.2) is 10.9 Å². The minimum Gasteiger partial charge on any atom is -0.508 e. The summed E-state index contributed by atoms with van der Waals surface area (Å²) in [4.78, 5) is 13.2. The monoisotopic (exact) mass is 317 g/mol. The van der Waals surface area contributed by atoms with Crippen LogP contribution in [0.5, 0.6) is 5.75 Å². The standard InChI is InChI=1S/C17H16FNO2S/c1-11(19-14-8-6-13(18)7-9-14)17(12(2)20)22-16-5-3-4-15(21)10-16/h3-10,19,21H,1-2H3/b17-11+. The predicted octanol–water partition coefficient (Wildman–Crippen LogP) is 4.56. The Labute approximate surface area is 132 Å². The number of thioether (sulfide) groups is 1. The molecular weight excluding hydrogens is 301 g/mol. The van der Waals surface area contributed by atoms with Crippen molar-refractivity contribution < 1.29 is 14.3 Å². The van der Waals surface area contributed by atoms with Gasteiger partial charge in [-0.1, -0.05) is 17.8 Å². The first kappa shape index (κ1) is 16.1. The highest BCUT2D eigenvalue weighted by atomic mass is 32.2. The normalized spacial score (nSPS) is 11.8. The lowest BCUT2D eigenvalue weighted by Gasteiger charge is -2.12. The molecular formula is C17H16FNO2S. The zero-order valence-corrected chi connectivity index (χ0v) is 13.1. The van der Waals surface area contributed by atoms with Gasteiger partial charge in [0.1, 0.15) is 11.6 Å². The molecule has 2 N–H and O–H groups in total. The number of benzene rings is 2. The maximum atomic E-state index is 12.9. The molecule has 0 unspecified atom stereocenters. The average Bonchev–Trinajstić information content (AvgIpc) is 2.47. The number of halogens is 1. The predicted molar refractivity (Wildman–Crippen MR) is 87.4 cm³/mol. The molecule has 0 fully saturated rings. The number of nitrogens with one attached hydrogen (secondary N) is 1. The number of aromatic hydroxyl groups is 1. The SMILES string of the molecule is CC(=O)/C(Sc1cccc(O)c1)=C(/C)Nc1ccc(F)cc1. The van der Waals surface area contributed by atoms with Gasteiger partial charge < -0.3 is 10.4 Å². The number of rotatable bonds is 5. The summed E-state index contributed by atoms with van der Waals surface area (Å²) in [5.41, 5.74) is 1.38. The summed E-state index contributed by atoms with van der Waals surface area (Å²) in [6.07, 6.45) is 0. The Bertz CT molecular complexity index is 711. The third-order valence-corrected chi connectivity index (χ3v) is 4.16. The van der Waals surface area contributed by atoms with E-state index in [0.29, 0.717) is 16.3 Å². The molecule has 0 atom stereocenters. The second kappa shape index (κ2) is 7.13. The maximum absolute atomic E-state index is 12.9. The molecule has 0 bridgehead atoms. The van der Waals surface area contributed by atoms with Gasteiger partial charge in [-0.25, -0.2) is 4.39 Å². The van der Waals surface area contributed by atoms with Crippen LogP contribution >= 0.6 is 11.8 Å². The van der Waals surface area contributed by atoms with E-state index in [1.165, 1.54) is 30.8 Å². The highest BCUT2D eigenvalue weighted by Gasteiger charge is 2.11. The van der Waals surface area contributed by atoms with Gasteiger partial charge in [-0.3, -0.25) is 4.79 Å². The number of phenols is 1. The number of anilines is 1. The number of phenolic OH excluding ortho intramolecular Hbond substituents is 1. The van der Waals surface area contributed by atoms with Crippen LogP contribution in [-0.2, 0) is 4.79 Å². The minimum absolute atomic E-state index is 0.0829. The van der Waals surface area contributed by atoms with Gasteiger partial charge in [0, 0.05) is 16.3 Å². The molecule has 0 saturated carbocycles. The summed E-state index contributed by atoms with van der Waals surface area (Å²) >= 11 is 1.27. The number of hydrogen-bond donors (Lipinski definition) is 2. The van der Waals surface area contributed by atoms with Crippen molar-refractivity contribution in [1.29, 1.82) is 0 Å². The molecule has 2 rings (SSSR count). The molecule has 0 aliphatic carbocycles. The average molecular weight is 317 g/mol. The molecule has 114 valence electrons. The Morgan fingerprint density at radius 3 is 2.41 bits per heavy atom. The van der Waals surface area contributed by atoms with Crippen molar-refractivity contribution in [3.05, 3.63) is 65.0 Å². The van der Waals surface area contributed by atoms with Gasteiger partial charge in [-0.2, -0.15) is 0 Å². The highest BCUT2D eigenvalue weighted by molar-refractivity contribution is 8.04. The molecule has 2 aromatic carbocycles. The van der Waals surface area contributed by atoms with Gasteiger partial charge in [-0.05, 0) is 56.3 Å². The van der Waals surface area contributed by atoms with Crippen molar-refractivity contribution >= 4 is 23.2 Å². The Hall–Kier alpha value is -2.27. The molecule has 0 amide bonds. The Morgan fingerprint density at radius 2 is 1.82 bits per heavy atom. The van der Waals surface area contributed by atoms with E-state index in [1.807, 2.05) is 6.07 Å². The third-order valence-electron chi connectivity index (χ3n) is 2.87. The van der Waals surface area contributed by atoms with Gasteiger partial charge in [0.15, 0.2) is 5.78 Å². The van der Waals surface area contributed by atoms with Crippen LogP contribution in [0.4, 0.5) is 10.1 Å². The summed E-state index contributed by atoms with van der Waals surface area (Å²) in [5.74, 6) is -0.245. The van der Waals surface area contributed by atoms with Gasteiger partial charge in [0.2, 0.25) is 0 Å². The molecule has 2 aromatic rings. The number of carbonyl (C=O) groups is 1. The maximum Gasteiger partial charge on any atom is 0.168 e. The Kier molecular flexibility index (Phi) is 5.22. The number of allylic oxidation sites excluding steroid dienone is 2. The zero-order chi connectivity index (χ0) is 16.1. The van der Waals surface area contributed by atoms with Crippen LogP contribution in [0.25, 0.3) is 0 Å². The van der Waals surface area contributed by atoms with E-state index in [0.717, 1.165) is 4.90 Å². The molecule has 0 aromatic heterocycles. The topological polar surface area (TPSA) is 49.3 Å². The summed E-state index contributed by atoms with van der Waals surface area (Å²) < 4.78 is 12.9. The third kappa shape index (κ3) is 4.36. The van der Waals surface area contributed by atoms with Crippen LogP contribution in [0.3, 0.4) is 0 Å². The summed E-state index contributed by atoms with van der Waals surface area (Å²) in [6, 6.07) is 12.6. The summed E-state index contributed by atoms with van der Waals surface area (Å²) in [5, 5.41) is 12.6. The first-order chi connectivity index (χ1) is 10.5. The van der Waals surface area contributed by atoms with E-state index in [2.05, 4.69) is 5.32 Å². The van der Waals surface area contributed by atoms with E-state index in [9.17, 15) is 14.3 Å². The lowest BCUT2D eigenvalue weighted by molar-refractivity contribution is -0.113. The molecule has 0 aliphatic rings. The molecule has 0 saturated heterocycles. The van der Waals surface area contributed by atoms with Crippen LogP contribution in [0.1, 0.15) is 13.8 Å². The highest BCUT2D eigenvalue weighted by Crippen LogP contribution is 2.31. The molecule has 0 radical (unpaired) electrons. The summed E-state index contributed by atoms with van der Waals surface area (Å²) in [7, 11) is 0. The first-order valence-corrected chi connectivity index (χ1v) is 7.48. The number of Topliss-reactive ketones (excluding diaryl/α,β-unsaturated/α-hetero) is 1. The fourth-order valence-electron chi connectivity index (χ4n) is 1.88. The molecule has 5 heteroatoms. The van der Waals surface area contributed by atoms with E-state index in [-0.39, 0.29) is 17.3 Å². The van der Waals surface area contributed by atoms with E-state index < -0.39 is 0 Å². The molecule has 0 spiro atoms. The largest absolute Gasteiger partial charge is 0.508 e. The van der Waals surface area contributed by atoms with Gasteiger partial charge in [-0.15, -0.1) is 0 Å². The molecule has 0 heterocycles. The van der Waals surface area contributed by atoms with E-state index in [1.54, 1.807) is 37.3 Å². The second-order valence-corrected chi connectivity index (χ2v) is 5.83. The van der Waals surface area contributed by atoms with Gasteiger partial charge in [0.25, 0.3) is 0 Å². The van der Waals surface area contributed by atoms with Crippen molar-refractivity contribution in [3.8, 4) is 5.75 Å². The van der Waals surface area contributed by atoms with Crippen LogP contribution in [0.2, 0.25) is 0 Å². The summed E-state index contributed by atoms with van der Waals surface area (Å²) in [6.45, 7) is 3.27. The first-order valence-electron chi connectivity index (χ1n) is 6.67. The lowest BCUT2D eigenvalue weighted by Crippen LogP contribution is -2.04. The number of hydrogen-bond acceptors (Lipinski definition) is 4. The van der Waals surface area contributed by atoms with Crippen molar-refractivity contribution in [2.75, 3.05) is 5.32 Å². The van der Waals surface area contributed by atoms with E-state index >= 15 is 0 Å². The Balaban J connectivity index is 2.24. The Morgan fingerprint density at radius 1 is 1.14 bits per heavy atom. The lowest BCUT2D eigenvalue weighted by atomic mass is 10.3. The van der Waals surface area contributed by atoms with Gasteiger partial charge in [0.05, 0.1) is 4.91 Å². The van der Waals surface area contributed by atoms with Gasteiger partial charge >= 0.3 is 0 Å². The second-order valence-electron chi connectivity index (χ2n) is 4.74. The van der Waals surface area contributed by atoms with Crippen molar-refractivity contribution in [2.45, 2.75) is 18.7 Å². The van der Waals surface area contributed by atoms with Crippen molar-refractivity contribution in [3.63, 3.8) is 0 Å². The minimum atomic E-state index is -0.312. The molecule has 0 aliphatic heterocycles. The molecule has 3 nitrogen and oxygen atoms in total. The zero-order valence-electron chi connectivity index (χ0n) is 12.3. The smallest absolute Gasteiger partial charge is 0.168 e. The van der Waals surface area contributed by atoms with E-state index in [4.69, 9.17) is 0 Å². The fraction of sp³-hybridized carbons (Fsp3) is 0.118. The van der Waals surface area contributed by atoms with Crippen molar-refractivity contribution in [1.82, 2.24) is 0 Å². The van der Waals surface area contributed by atoms with Crippen LogP contribution in [0.15, 0.2) is 64.0 Å². The van der Waals surface area contributed by atoms with Crippen LogP contribution < -0.4 is 5.32 Å². The van der Waals surface area contributed by atoms with Crippen molar-refractivity contribution in [2.24, 2.45) is 0 Å². The fourth-order valence-corrected chi connectivity index (χ4v) is 2.79. The number of carbonyl (C=O) groups excluding carboxylic acids is 1. The molecule has 22 heavy (non-hydrogen) atoms.